The fourth-order valence-electron chi connectivity index (χ4n) is 1.69. The number of nitrogens with zero attached hydrogens (tertiary/aromatic N) is 1. The number of carbonyl (C=O) groups is 2. The molecule has 1 aromatic heterocycles. The maximum Gasteiger partial charge on any atom is 0.405 e. The number of carbonyl (C=O) groups excluding carboxylic acids is 2. The SMILES string of the molecule is C[C@@H](OC(=O)c1cccc[n+]1[O-])C(=O)Nc1ccc(F)cc1F. The van der Waals surface area contributed by atoms with Crippen molar-refractivity contribution in [2.75, 3.05) is 5.32 Å². The van der Waals surface area contributed by atoms with Crippen molar-refractivity contribution < 1.29 is 27.8 Å². The maximum atomic E-state index is 13.4. The molecule has 6 nitrogen and oxygen atoms in total. The Hall–Kier alpha value is -3.03. The molecule has 0 aliphatic rings. The van der Waals surface area contributed by atoms with Gasteiger partial charge in [-0.1, -0.05) is 0 Å². The Labute approximate surface area is 129 Å². The number of hydrogen-bond acceptors (Lipinski definition) is 4. The molecule has 0 radical (unpaired) electrons. The molecule has 0 fully saturated rings. The van der Waals surface area contributed by atoms with Gasteiger partial charge in [0.15, 0.2) is 12.3 Å². The Bertz CT molecular complexity index is 752. The minimum absolute atomic E-state index is 0.252. The van der Waals surface area contributed by atoms with Crippen LogP contribution in [0, 0.1) is 16.8 Å². The third-order valence-electron chi connectivity index (χ3n) is 2.88. The minimum atomic E-state index is -1.29. The molecule has 2 rings (SSSR count). The Morgan fingerprint density at radius 3 is 2.65 bits per heavy atom. The molecule has 0 bridgehead atoms. The molecular formula is C15H12F2N2O4. The molecule has 1 heterocycles. The predicted octanol–water partition coefficient (Wildman–Crippen LogP) is 1.78. The van der Waals surface area contributed by atoms with Crippen LogP contribution in [-0.2, 0) is 9.53 Å². The van der Waals surface area contributed by atoms with Crippen molar-refractivity contribution in [2.45, 2.75) is 13.0 Å². The van der Waals surface area contributed by atoms with Gasteiger partial charge in [0.05, 0.1) is 5.69 Å². The molecule has 2 aromatic rings. The quantitative estimate of drug-likeness (QED) is 0.528. The van der Waals surface area contributed by atoms with E-state index in [1.807, 2.05) is 0 Å². The zero-order valence-electron chi connectivity index (χ0n) is 12.0. The number of rotatable bonds is 4. The number of anilines is 1. The van der Waals surface area contributed by atoms with Crippen molar-refractivity contribution in [2.24, 2.45) is 0 Å². The van der Waals surface area contributed by atoms with Crippen LogP contribution in [0.1, 0.15) is 17.4 Å². The van der Waals surface area contributed by atoms with Crippen molar-refractivity contribution in [1.29, 1.82) is 0 Å². The average Bonchev–Trinajstić information content (AvgIpc) is 2.50. The van der Waals surface area contributed by atoms with Gasteiger partial charge in [-0.25, -0.2) is 13.6 Å². The highest BCUT2D eigenvalue weighted by Crippen LogP contribution is 2.15. The van der Waals surface area contributed by atoms with E-state index in [2.05, 4.69) is 5.32 Å². The fourth-order valence-corrected chi connectivity index (χ4v) is 1.69. The van der Waals surface area contributed by atoms with E-state index in [1.54, 1.807) is 0 Å². The summed E-state index contributed by atoms with van der Waals surface area (Å²) in [5.41, 5.74) is -0.544. The van der Waals surface area contributed by atoms with Crippen molar-refractivity contribution in [3.63, 3.8) is 0 Å². The molecule has 0 aliphatic carbocycles. The highest BCUT2D eigenvalue weighted by atomic mass is 19.1. The summed E-state index contributed by atoms with van der Waals surface area (Å²) < 4.78 is 31.4. The minimum Gasteiger partial charge on any atom is -0.618 e. The summed E-state index contributed by atoms with van der Waals surface area (Å²) in [5, 5.41) is 13.6. The third kappa shape index (κ3) is 4.00. The van der Waals surface area contributed by atoms with Crippen LogP contribution in [-0.4, -0.2) is 18.0 Å². The van der Waals surface area contributed by atoms with E-state index in [-0.39, 0.29) is 11.4 Å². The van der Waals surface area contributed by atoms with Gasteiger partial charge in [-0.05, 0) is 25.1 Å². The van der Waals surface area contributed by atoms with E-state index in [4.69, 9.17) is 4.74 Å². The van der Waals surface area contributed by atoms with Gasteiger partial charge < -0.3 is 15.3 Å². The van der Waals surface area contributed by atoms with Crippen LogP contribution in [0.4, 0.5) is 14.5 Å². The molecule has 1 aromatic carbocycles. The molecule has 0 unspecified atom stereocenters. The highest BCUT2D eigenvalue weighted by molar-refractivity contribution is 5.96. The summed E-state index contributed by atoms with van der Waals surface area (Å²) in [5.74, 6) is -3.57. The largest absolute Gasteiger partial charge is 0.618 e. The van der Waals surface area contributed by atoms with Crippen molar-refractivity contribution >= 4 is 17.6 Å². The van der Waals surface area contributed by atoms with Crippen molar-refractivity contribution in [3.8, 4) is 0 Å². The normalized spacial score (nSPS) is 11.6. The van der Waals surface area contributed by atoms with E-state index in [9.17, 15) is 23.6 Å². The molecule has 23 heavy (non-hydrogen) atoms. The van der Waals surface area contributed by atoms with Crippen molar-refractivity contribution in [1.82, 2.24) is 0 Å². The van der Waals surface area contributed by atoms with E-state index in [0.29, 0.717) is 10.8 Å². The van der Waals surface area contributed by atoms with Crippen LogP contribution in [0.25, 0.3) is 0 Å². The summed E-state index contributed by atoms with van der Waals surface area (Å²) in [6.45, 7) is 1.26. The molecule has 0 saturated heterocycles. The Balaban J connectivity index is 2.03. The summed E-state index contributed by atoms with van der Waals surface area (Å²) in [4.78, 5) is 23.7. The van der Waals surface area contributed by atoms with Gasteiger partial charge in [0.2, 0.25) is 0 Å². The Morgan fingerprint density at radius 1 is 1.26 bits per heavy atom. The summed E-state index contributed by atoms with van der Waals surface area (Å²) in [7, 11) is 0. The van der Waals surface area contributed by atoms with Gasteiger partial charge in [-0.2, -0.15) is 4.73 Å². The van der Waals surface area contributed by atoms with Crippen LogP contribution >= 0.6 is 0 Å². The number of amides is 1. The monoisotopic (exact) mass is 322 g/mol. The zero-order valence-corrected chi connectivity index (χ0v) is 12.0. The molecule has 1 atom stereocenters. The predicted molar refractivity (Wildman–Crippen MR) is 75.3 cm³/mol. The van der Waals surface area contributed by atoms with Gasteiger partial charge >= 0.3 is 11.7 Å². The second kappa shape index (κ2) is 6.82. The molecule has 0 spiro atoms. The number of pyridine rings is 1. The Kier molecular flexibility index (Phi) is 4.85. The van der Waals surface area contributed by atoms with Crippen molar-refractivity contribution in [3.05, 3.63) is 65.1 Å². The first-order chi connectivity index (χ1) is 10.9. The first kappa shape index (κ1) is 16.3. The molecule has 1 N–H and O–H groups in total. The van der Waals surface area contributed by atoms with Crippen LogP contribution in [0.15, 0.2) is 42.6 Å². The molecule has 1 amide bonds. The number of halogens is 2. The molecule has 0 aliphatic heterocycles. The molecule has 8 heteroatoms. The number of aromatic nitrogens is 1. The number of nitrogens with one attached hydrogen (secondary N) is 1. The lowest BCUT2D eigenvalue weighted by Crippen LogP contribution is -2.37. The lowest BCUT2D eigenvalue weighted by atomic mass is 10.2. The van der Waals surface area contributed by atoms with E-state index in [1.165, 1.54) is 25.1 Å². The van der Waals surface area contributed by atoms with Crippen LogP contribution in [0.3, 0.4) is 0 Å². The van der Waals surface area contributed by atoms with E-state index >= 15 is 0 Å². The molecular weight excluding hydrogens is 310 g/mol. The topological polar surface area (TPSA) is 82.3 Å². The third-order valence-corrected chi connectivity index (χ3v) is 2.88. The number of esters is 1. The number of ether oxygens (including phenoxy) is 1. The van der Waals surface area contributed by atoms with E-state index in [0.717, 1.165) is 18.3 Å². The first-order valence-corrected chi connectivity index (χ1v) is 6.53. The number of benzene rings is 1. The van der Waals surface area contributed by atoms with Gasteiger partial charge in [0, 0.05) is 18.2 Å². The van der Waals surface area contributed by atoms with Gasteiger partial charge in [0.25, 0.3) is 5.91 Å². The lowest BCUT2D eigenvalue weighted by molar-refractivity contribution is -0.608. The summed E-state index contributed by atoms with van der Waals surface area (Å²) in [6, 6.07) is 6.75. The van der Waals surface area contributed by atoms with Crippen LogP contribution in [0.5, 0.6) is 0 Å². The standard InChI is InChI=1S/C15H12F2N2O4/c1-9(23-15(21)13-4-2-3-7-19(13)22)14(20)18-12-6-5-10(16)8-11(12)17/h2-9H,1H3,(H,18,20)/t9-/m1/s1. The summed E-state index contributed by atoms with van der Waals surface area (Å²) in [6.07, 6.45) is -0.179. The lowest BCUT2D eigenvalue weighted by Gasteiger charge is -2.13. The average molecular weight is 322 g/mol. The van der Waals surface area contributed by atoms with E-state index < -0.39 is 29.6 Å². The second-order valence-electron chi connectivity index (χ2n) is 4.57. The molecule has 120 valence electrons. The number of hydrogen-bond donors (Lipinski definition) is 1. The molecule has 0 saturated carbocycles. The van der Waals surface area contributed by atoms with Crippen LogP contribution in [0.2, 0.25) is 0 Å². The zero-order chi connectivity index (χ0) is 17.0. The van der Waals surface area contributed by atoms with Gasteiger partial charge in [-0.3, -0.25) is 4.79 Å². The summed E-state index contributed by atoms with van der Waals surface area (Å²) >= 11 is 0. The second-order valence-corrected chi connectivity index (χ2v) is 4.57. The first-order valence-electron chi connectivity index (χ1n) is 6.53. The smallest absolute Gasteiger partial charge is 0.405 e. The highest BCUT2D eigenvalue weighted by Gasteiger charge is 2.24. The van der Waals surface area contributed by atoms with Crippen LogP contribution < -0.4 is 10.0 Å². The maximum absolute atomic E-state index is 13.4. The fraction of sp³-hybridized carbons (Fsp3) is 0.133. The Morgan fingerprint density at radius 2 is 2.00 bits per heavy atom. The van der Waals surface area contributed by atoms with Gasteiger partial charge in [-0.15, -0.1) is 0 Å². The van der Waals surface area contributed by atoms with Gasteiger partial charge in [0.1, 0.15) is 11.6 Å².